The molecule has 0 radical (unpaired) electrons. The van der Waals surface area contributed by atoms with E-state index in [4.69, 9.17) is 4.74 Å². The van der Waals surface area contributed by atoms with E-state index >= 15 is 0 Å². The first-order valence-electron chi connectivity index (χ1n) is 7.98. The summed E-state index contributed by atoms with van der Waals surface area (Å²) in [6.45, 7) is 4.50. The highest BCUT2D eigenvalue weighted by Crippen LogP contribution is 2.30. The predicted octanol–water partition coefficient (Wildman–Crippen LogP) is 2.06. The lowest BCUT2D eigenvalue weighted by Crippen LogP contribution is -2.38. The molecule has 3 rings (SSSR count). The van der Waals surface area contributed by atoms with Crippen LogP contribution in [0.5, 0.6) is 0 Å². The van der Waals surface area contributed by atoms with Crippen molar-refractivity contribution >= 4 is 17.4 Å². The monoisotopic (exact) mass is 315 g/mol. The Hall–Kier alpha value is -2.37. The van der Waals surface area contributed by atoms with Crippen LogP contribution < -0.4 is 0 Å². The minimum Gasteiger partial charge on any atom is -0.465 e. The molecule has 0 atom stereocenters. The number of rotatable bonds is 6. The number of aromatic nitrogens is 2. The SMILES string of the molecule is CCOC(=O)CN(CC1CC1)C(=O)c1nc(C)n2ccccc12. The quantitative estimate of drug-likeness (QED) is 0.765. The molecule has 2 aromatic heterocycles. The van der Waals surface area contributed by atoms with Gasteiger partial charge in [0.25, 0.3) is 5.91 Å². The standard InChI is InChI=1S/C17H21N3O3/c1-3-23-15(21)11-19(10-13-7-8-13)17(22)16-14-6-4-5-9-20(14)12(2)18-16/h4-6,9,13H,3,7-8,10-11H2,1-2H3. The van der Waals surface area contributed by atoms with Gasteiger partial charge in [-0.05, 0) is 44.7 Å². The van der Waals surface area contributed by atoms with Crippen LogP contribution in [0.15, 0.2) is 24.4 Å². The first kappa shape index (κ1) is 15.5. The van der Waals surface area contributed by atoms with Crippen molar-refractivity contribution < 1.29 is 14.3 Å². The van der Waals surface area contributed by atoms with Crippen LogP contribution in [0, 0.1) is 12.8 Å². The molecule has 1 aliphatic rings. The first-order chi connectivity index (χ1) is 11.1. The number of nitrogens with zero attached hydrogens (tertiary/aromatic N) is 3. The maximum atomic E-state index is 12.9. The number of pyridine rings is 1. The van der Waals surface area contributed by atoms with Gasteiger partial charge in [-0.3, -0.25) is 9.59 Å². The highest BCUT2D eigenvalue weighted by Gasteiger charge is 2.30. The smallest absolute Gasteiger partial charge is 0.325 e. The molecule has 0 aromatic carbocycles. The number of hydrogen-bond donors (Lipinski definition) is 0. The van der Waals surface area contributed by atoms with E-state index in [1.807, 2.05) is 35.7 Å². The third kappa shape index (κ3) is 3.36. The molecule has 23 heavy (non-hydrogen) atoms. The van der Waals surface area contributed by atoms with Crippen LogP contribution in [0.25, 0.3) is 5.52 Å². The zero-order valence-electron chi connectivity index (χ0n) is 13.5. The molecule has 0 spiro atoms. The van der Waals surface area contributed by atoms with Crippen LogP contribution in [0.1, 0.15) is 36.1 Å². The second-order valence-electron chi connectivity index (χ2n) is 5.90. The Labute approximate surface area is 135 Å². The summed E-state index contributed by atoms with van der Waals surface area (Å²) >= 11 is 0. The summed E-state index contributed by atoms with van der Waals surface area (Å²) < 4.78 is 6.88. The van der Waals surface area contributed by atoms with E-state index in [1.165, 1.54) is 0 Å². The number of carbonyl (C=O) groups excluding carboxylic acids is 2. The Bertz CT molecular complexity index is 734. The molecule has 6 nitrogen and oxygen atoms in total. The summed E-state index contributed by atoms with van der Waals surface area (Å²) in [4.78, 5) is 30.7. The van der Waals surface area contributed by atoms with Gasteiger partial charge in [-0.2, -0.15) is 0 Å². The average Bonchev–Trinajstić information content (AvgIpc) is 3.29. The lowest BCUT2D eigenvalue weighted by Gasteiger charge is -2.20. The van der Waals surface area contributed by atoms with Gasteiger partial charge in [0.15, 0.2) is 5.69 Å². The molecule has 6 heteroatoms. The highest BCUT2D eigenvalue weighted by atomic mass is 16.5. The fourth-order valence-electron chi connectivity index (χ4n) is 2.69. The number of hydrogen-bond acceptors (Lipinski definition) is 4. The summed E-state index contributed by atoms with van der Waals surface area (Å²) in [7, 11) is 0. The Kier molecular flexibility index (Phi) is 4.32. The van der Waals surface area contributed by atoms with Crippen molar-refractivity contribution in [1.29, 1.82) is 0 Å². The summed E-state index contributed by atoms with van der Waals surface area (Å²) in [5.74, 6) is 0.665. The molecule has 1 saturated carbocycles. The van der Waals surface area contributed by atoms with Crippen molar-refractivity contribution in [2.75, 3.05) is 19.7 Å². The first-order valence-corrected chi connectivity index (χ1v) is 7.98. The van der Waals surface area contributed by atoms with Gasteiger partial charge in [-0.1, -0.05) is 6.07 Å². The maximum absolute atomic E-state index is 12.9. The zero-order valence-corrected chi connectivity index (χ0v) is 13.5. The Morgan fingerprint density at radius 2 is 2.17 bits per heavy atom. The van der Waals surface area contributed by atoms with Crippen LogP contribution in [0.4, 0.5) is 0 Å². The second kappa shape index (κ2) is 6.40. The van der Waals surface area contributed by atoms with E-state index in [1.54, 1.807) is 11.8 Å². The van der Waals surface area contributed by atoms with Crippen LogP contribution >= 0.6 is 0 Å². The molecule has 0 N–H and O–H groups in total. The minimum absolute atomic E-state index is 0.0198. The van der Waals surface area contributed by atoms with E-state index in [2.05, 4.69) is 4.98 Å². The van der Waals surface area contributed by atoms with E-state index in [0.717, 1.165) is 24.2 Å². The van der Waals surface area contributed by atoms with E-state index in [0.29, 0.717) is 24.8 Å². The van der Waals surface area contributed by atoms with Crippen molar-refractivity contribution in [2.45, 2.75) is 26.7 Å². The molecule has 0 bridgehead atoms. The molecule has 1 amide bonds. The fourth-order valence-corrected chi connectivity index (χ4v) is 2.69. The molecule has 0 unspecified atom stereocenters. The Morgan fingerprint density at radius 1 is 1.39 bits per heavy atom. The highest BCUT2D eigenvalue weighted by molar-refractivity contribution is 6.00. The number of fused-ring (bicyclic) bond motifs is 1. The topological polar surface area (TPSA) is 63.9 Å². The van der Waals surface area contributed by atoms with Crippen molar-refractivity contribution in [1.82, 2.24) is 14.3 Å². The van der Waals surface area contributed by atoms with Gasteiger partial charge < -0.3 is 14.0 Å². The lowest BCUT2D eigenvalue weighted by atomic mass is 10.2. The Morgan fingerprint density at radius 3 is 2.87 bits per heavy atom. The van der Waals surface area contributed by atoms with Gasteiger partial charge in [-0.15, -0.1) is 0 Å². The average molecular weight is 315 g/mol. The van der Waals surface area contributed by atoms with Gasteiger partial charge in [0.1, 0.15) is 12.4 Å². The van der Waals surface area contributed by atoms with E-state index in [9.17, 15) is 9.59 Å². The Balaban J connectivity index is 1.87. The van der Waals surface area contributed by atoms with Gasteiger partial charge in [0.2, 0.25) is 0 Å². The number of imidazole rings is 1. The van der Waals surface area contributed by atoms with Gasteiger partial charge >= 0.3 is 5.97 Å². The van der Waals surface area contributed by atoms with Gasteiger partial charge in [0, 0.05) is 12.7 Å². The number of amides is 1. The molecular formula is C17H21N3O3. The predicted molar refractivity (Wildman–Crippen MR) is 85.2 cm³/mol. The summed E-state index contributed by atoms with van der Waals surface area (Å²) in [5.41, 5.74) is 1.16. The van der Waals surface area contributed by atoms with Gasteiger partial charge in [0.05, 0.1) is 12.1 Å². The van der Waals surface area contributed by atoms with Crippen LogP contribution in [0.3, 0.4) is 0 Å². The van der Waals surface area contributed by atoms with Crippen LogP contribution in [-0.4, -0.2) is 45.9 Å². The van der Waals surface area contributed by atoms with E-state index in [-0.39, 0.29) is 18.4 Å². The van der Waals surface area contributed by atoms with E-state index < -0.39 is 0 Å². The molecule has 0 saturated heterocycles. The number of aryl methyl sites for hydroxylation is 1. The van der Waals surface area contributed by atoms with Crippen LogP contribution in [-0.2, 0) is 9.53 Å². The molecule has 1 fully saturated rings. The second-order valence-corrected chi connectivity index (χ2v) is 5.90. The largest absolute Gasteiger partial charge is 0.465 e. The summed E-state index contributed by atoms with van der Waals surface area (Å²) in [6.07, 6.45) is 4.09. The third-order valence-corrected chi connectivity index (χ3v) is 4.02. The van der Waals surface area contributed by atoms with Crippen molar-refractivity contribution in [3.63, 3.8) is 0 Å². The number of ether oxygens (including phenoxy) is 1. The summed E-state index contributed by atoms with van der Waals surface area (Å²) in [6, 6.07) is 5.65. The van der Waals surface area contributed by atoms with Crippen molar-refractivity contribution in [3.8, 4) is 0 Å². The van der Waals surface area contributed by atoms with Crippen LogP contribution in [0.2, 0.25) is 0 Å². The summed E-state index contributed by atoms with van der Waals surface area (Å²) in [5, 5.41) is 0. The lowest BCUT2D eigenvalue weighted by molar-refractivity contribution is -0.143. The molecule has 2 heterocycles. The van der Waals surface area contributed by atoms with Crippen molar-refractivity contribution in [2.24, 2.45) is 5.92 Å². The number of carbonyl (C=O) groups is 2. The molecular weight excluding hydrogens is 294 g/mol. The normalized spacial score (nSPS) is 14.0. The maximum Gasteiger partial charge on any atom is 0.325 e. The molecule has 122 valence electrons. The third-order valence-electron chi connectivity index (χ3n) is 4.02. The fraction of sp³-hybridized carbons (Fsp3) is 0.471. The van der Waals surface area contributed by atoms with Crippen molar-refractivity contribution in [3.05, 3.63) is 35.9 Å². The molecule has 2 aromatic rings. The molecule has 0 aliphatic heterocycles. The molecule has 1 aliphatic carbocycles. The van der Waals surface area contributed by atoms with Gasteiger partial charge in [-0.25, -0.2) is 4.98 Å². The number of esters is 1. The minimum atomic E-state index is -0.373. The zero-order chi connectivity index (χ0) is 16.4.